The molecule has 136 valence electrons. The number of hydrogen-bond donors (Lipinski definition) is 1. The zero-order valence-electron chi connectivity index (χ0n) is 14.9. The van der Waals surface area contributed by atoms with Crippen LogP contribution in [0.1, 0.15) is 29.8 Å². The van der Waals surface area contributed by atoms with Crippen molar-refractivity contribution in [3.05, 3.63) is 59.7 Å². The summed E-state index contributed by atoms with van der Waals surface area (Å²) in [5.74, 6) is -0.810. The molecule has 0 radical (unpaired) electrons. The largest absolute Gasteiger partial charge is 0.451 e. The minimum atomic E-state index is -0.801. The van der Waals surface area contributed by atoms with Gasteiger partial charge in [-0.25, -0.2) is 4.79 Å². The summed E-state index contributed by atoms with van der Waals surface area (Å²) in [5.41, 5.74) is 2.18. The maximum absolute atomic E-state index is 12.3. The van der Waals surface area contributed by atoms with E-state index >= 15 is 0 Å². The van der Waals surface area contributed by atoms with E-state index in [4.69, 9.17) is 4.74 Å². The van der Waals surface area contributed by atoms with Crippen LogP contribution in [-0.4, -0.2) is 29.5 Å². The van der Waals surface area contributed by atoms with E-state index in [2.05, 4.69) is 5.32 Å². The lowest BCUT2D eigenvalue weighted by Gasteiger charge is -2.12. The topological polar surface area (TPSA) is 72.5 Å². The first kappa shape index (κ1) is 19.7. The fourth-order valence-corrected chi connectivity index (χ4v) is 2.89. The molecule has 0 fully saturated rings. The zero-order valence-corrected chi connectivity index (χ0v) is 15.8. The van der Waals surface area contributed by atoms with Gasteiger partial charge in [-0.2, -0.15) is 0 Å². The number of thioether (sulfide) groups is 1. The summed E-state index contributed by atoms with van der Waals surface area (Å²) in [6, 6.07) is 14.4. The Balaban J connectivity index is 1.99. The van der Waals surface area contributed by atoms with Crippen LogP contribution in [0.2, 0.25) is 0 Å². The van der Waals surface area contributed by atoms with Gasteiger partial charge in [-0.05, 0) is 45.0 Å². The van der Waals surface area contributed by atoms with Crippen LogP contribution in [0, 0.1) is 6.92 Å². The molecule has 0 spiro atoms. The molecular formula is C20H21NO4S. The number of amides is 1. The van der Waals surface area contributed by atoms with E-state index in [1.54, 1.807) is 24.3 Å². The number of nitrogens with one attached hydrogen (secondary N) is 1. The second-order valence-corrected chi connectivity index (χ2v) is 6.87. The van der Waals surface area contributed by atoms with Gasteiger partial charge in [0.1, 0.15) is 0 Å². The Morgan fingerprint density at radius 3 is 2.38 bits per heavy atom. The van der Waals surface area contributed by atoms with Crippen LogP contribution in [0.25, 0.3) is 0 Å². The van der Waals surface area contributed by atoms with Crippen LogP contribution >= 0.6 is 11.8 Å². The monoisotopic (exact) mass is 371 g/mol. The number of Topliss-reactive ketones (excluding diaryl/α,β-unsaturated/α-hetero) is 1. The number of anilines is 1. The highest BCUT2D eigenvalue weighted by Crippen LogP contribution is 2.24. The molecule has 2 rings (SSSR count). The highest BCUT2D eigenvalue weighted by Gasteiger charge is 2.18. The number of esters is 1. The lowest BCUT2D eigenvalue weighted by Crippen LogP contribution is -2.22. The maximum atomic E-state index is 12.3. The summed E-state index contributed by atoms with van der Waals surface area (Å²) in [5, 5.41) is 2.81. The Morgan fingerprint density at radius 1 is 1.08 bits per heavy atom. The smallest absolute Gasteiger partial charge is 0.339 e. The third-order valence-corrected chi connectivity index (χ3v) is 4.73. The average Bonchev–Trinajstić information content (AvgIpc) is 2.62. The summed E-state index contributed by atoms with van der Waals surface area (Å²) < 4.78 is 5.15. The number of carbonyl (C=O) groups excluding carboxylic acids is 3. The second-order valence-electron chi connectivity index (χ2n) is 5.86. The number of hydrogen-bond acceptors (Lipinski definition) is 5. The van der Waals surface area contributed by atoms with Crippen molar-refractivity contribution in [2.24, 2.45) is 0 Å². The molecule has 0 unspecified atom stereocenters. The van der Waals surface area contributed by atoms with Gasteiger partial charge < -0.3 is 10.1 Å². The molecule has 5 nitrogen and oxygen atoms in total. The number of ketones is 1. The molecule has 0 aliphatic carbocycles. The van der Waals surface area contributed by atoms with E-state index < -0.39 is 12.1 Å². The molecule has 1 N–H and O–H groups in total. The van der Waals surface area contributed by atoms with Crippen LogP contribution < -0.4 is 5.32 Å². The van der Waals surface area contributed by atoms with Crippen molar-refractivity contribution in [3.63, 3.8) is 0 Å². The average molecular weight is 371 g/mol. The molecule has 6 heteroatoms. The van der Waals surface area contributed by atoms with Gasteiger partial charge in [0.05, 0.1) is 11.3 Å². The Morgan fingerprint density at radius 2 is 1.73 bits per heavy atom. The molecule has 0 aliphatic rings. The van der Waals surface area contributed by atoms with Crippen molar-refractivity contribution in [2.45, 2.75) is 31.8 Å². The van der Waals surface area contributed by atoms with Gasteiger partial charge in [-0.15, -0.1) is 11.8 Å². The number of ether oxygens (including phenoxy) is 1. The lowest BCUT2D eigenvalue weighted by molar-refractivity contribution is -0.124. The van der Waals surface area contributed by atoms with Gasteiger partial charge in [-0.3, -0.25) is 9.59 Å². The highest BCUT2D eigenvalue weighted by molar-refractivity contribution is 8.00. The molecule has 0 aromatic heterocycles. The van der Waals surface area contributed by atoms with Crippen LogP contribution in [0.15, 0.2) is 53.4 Å². The predicted octanol–water partition coefficient (Wildman–Crippen LogP) is 3.86. The van der Waals surface area contributed by atoms with Gasteiger partial charge in [0.15, 0.2) is 11.9 Å². The highest BCUT2D eigenvalue weighted by atomic mass is 32.2. The van der Waals surface area contributed by atoms with E-state index in [1.165, 1.54) is 25.6 Å². The van der Waals surface area contributed by atoms with Gasteiger partial charge >= 0.3 is 5.97 Å². The first-order valence-corrected chi connectivity index (χ1v) is 9.15. The SMILES string of the molecule is CC(=O)[C@H](C)OC(=O)c1ccccc1SCC(=O)Nc1ccc(C)cc1. The molecule has 0 aliphatic heterocycles. The van der Waals surface area contributed by atoms with E-state index in [-0.39, 0.29) is 17.4 Å². The van der Waals surface area contributed by atoms with Gasteiger partial charge in [0.2, 0.25) is 5.91 Å². The molecule has 0 saturated heterocycles. The minimum Gasteiger partial charge on any atom is -0.451 e. The second kappa shape index (κ2) is 9.20. The van der Waals surface area contributed by atoms with Crippen molar-refractivity contribution in [3.8, 4) is 0 Å². The third kappa shape index (κ3) is 5.74. The summed E-state index contributed by atoms with van der Waals surface area (Å²) in [6.07, 6.45) is -0.801. The van der Waals surface area contributed by atoms with Crippen LogP contribution in [0.5, 0.6) is 0 Å². The zero-order chi connectivity index (χ0) is 19.1. The number of rotatable bonds is 7. The van der Waals surface area contributed by atoms with E-state index in [0.29, 0.717) is 10.5 Å². The van der Waals surface area contributed by atoms with E-state index in [9.17, 15) is 14.4 Å². The molecule has 0 heterocycles. The summed E-state index contributed by atoms with van der Waals surface area (Å²) >= 11 is 1.24. The van der Waals surface area contributed by atoms with Crippen molar-refractivity contribution in [1.82, 2.24) is 0 Å². The van der Waals surface area contributed by atoms with Crippen molar-refractivity contribution < 1.29 is 19.1 Å². The normalized spacial score (nSPS) is 11.5. The number of aryl methyl sites for hydroxylation is 1. The van der Waals surface area contributed by atoms with E-state index in [0.717, 1.165) is 11.3 Å². The molecule has 2 aromatic rings. The van der Waals surface area contributed by atoms with Gasteiger partial charge in [0.25, 0.3) is 0 Å². The summed E-state index contributed by atoms with van der Waals surface area (Å²) in [7, 11) is 0. The predicted molar refractivity (Wildman–Crippen MR) is 103 cm³/mol. The third-order valence-electron chi connectivity index (χ3n) is 3.66. The number of carbonyl (C=O) groups is 3. The molecule has 26 heavy (non-hydrogen) atoms. The summed E-state index contributed by atoms with van der Waals surface area (Å²) in [4.78, 5) is 36.3. The Hall–Kier alpha value is -2.60. The quantitative estimate of drug-likeness (QED) is 0.591. The fourth-order valence-electron chi connectivity index (χ4n) is 2.05. The van der Waals surface area contributed by atoms with E-state index in [1.807, 2.05) is 31.2 Å². The summed E-state index contributed by atoms with van der Waals surface area (Å²) in [6.45, 7) is 4.88. The van der Waals surface area contributed by atoms with Crippen molar-refractivity contribution in [2.75, 3.05) is 11.1 Å². The van der Waals surface area contributed by atoms with Gasteiger partial charge in [0, 0.05) is 10.6 Å². The maximum Gasteiger partial charge on any atom is 0.339 e. The Kier molecular flexibility index (Phi) is 6.97. The molecular weight excluding hydrogens is 350 g/mol. The molecule has 2 aromatic carbocycles. The minimum absolute atomic E-state index is 0.153. The van der Waals surface area contributed by atoms with Crippen LogP contribution in [-0.2, 0) is 14.3 Å². The van der Waals surface area contributed by atoms with Crippen LogP contribution in [0.3, 0.4) is 0 Å². The lowest BCUT2D eigenvalue weighted by atomic mass is 10.2. The standard InChI is InChI=1S/C20H21NO4S/c1-13-8-10-16(11-9-13)21-19(23)12-26-18-7-5-4-6-17(18)20(24)25-15(3)14(2)22/h4-11,15H,12H2,1-3H3,(H,21,23)/t15-/m0/s1. The molecule has 0 saturated carbocycles. The van der Waals surface area contributed by atoms with Crippen LogP contribution in [0.4, 0.5) is 5.69 Å². The van der Waals surface area contributed by atoms with Gasteiger partial charge in [-0.1, -0.05) is 29.8 Å². The molecule has 1 amide bonds. The first-order chi connectivity index (χ1) is 12.4. The molecule has 0 bridgehead atoms. The first-order valence-electron chi connectivity index (χ1n) is 8.16. The fraction of sp³-hybridized carbons (Fsp3) is 0.250. The van der Waals surface area contributed by atoms with Crippen molar-refractivity contribution in [1.29, 1.82) is 0 Å². The number of benzene rings is 2. The Labute approximate surface area is 157 Å². The molecule has 1 atom stereocenters. The van der Waals surface area contributed by atoms with Crippen molar-refractivity contribution >= 4 is 35.1 Å². The Bertz CT molecular complexity index is 802.